The predicted molar refractivity (Wildman–Crippen MR) is 111 cm³/mol. The molecule has 5 aliphatic rings. The van der Waals surface area contributed by atoms with Crippen molar-refractivity contribution >= 4 is 11.9 Å². The number of carbonyl (C=O) groups is 1. The van der Waals surface area contributed by atoms with Crippen LogP contribution in [0.5, 0.6) is 0 Å². The molecule has 7 atom stereocenters. The zero-order chi connectivity index (χ0) is 20.5. The summed E-state index contributed by atoms with van der Waals surface area (Å²) in [5.74, 6) is 1.54. The summed E-state index contributed by atoms with van der Waals surface area (Å²) in [4.78, 5) is 26.3. The normalized spacial score (nSPS) is 45.3. The number of epoxide rings is 1. The highest BCUT2D eigenvalue weighted by molar-refractivity contribution is 5.76. The van der Waals surface area contributed by atoms with Crippen LogP contribution in [-0.4, -0.2) is 71.4 Å². The number of anilines is 1. The van der Waals surface area contributed by atoms with E-state index in [1.165, 1.54) is 19.3 Å². The van der Waals surface area contributed by atoms with E-state index < -0.39 is 0 Å². The van der Waals surface area contributed by atoms with E-state index in [-0.39, 0.29) is 41.0 Å². The molecule has 30 heavy (non-hydrogen) atoms. The van der Waals surface area contributed by atoms with Crippen LogP contribution in [-0.2, 0) is 14.3 Å². The Morgan fingerprint density at radius 1 is 1.20 bits per heavy atom. The molecule has 7 heteroatoms. The van der Waals surface area contributed by atoms with Crippen molar-refractivity contribution in [1.82, 2.24) is 14.9 Å². The van der Waals surface area contributed by atoms with Gasteiger partial charge in [-0.1, -0.05) is 20.3 Å². The van der Waals surface area contributed by atoms with E-state index in [1.807, 2.05) is 6.07 Å². The van der Waals surface area contributed by atoms with E-state index in [9.17, 15) is 4.79 Å². The number of carbonyl (C=O) groups excluding carboxylic acids is 1. The Labute approximate surface area is 178 Å². The fraction of sp³-hybridized carbons (Fsp3) is 0.783. The van der Waals surface area contributed by atoms with Crippen molar-refractivity contribution in [2.75, 3.05) is 37.6 Å². The molecule has 1 aromatic rings. The van der Waals surface area contributed by atoms with E-state index in [1.54, 1.807) is 12.4 Å². The van der Waals surface area contributed by atoms with Crippen molar-refractivity contribution in [2.24, 2.45) is 23.2 Å². The summed E-state index contributed by atoms with van der Waals surface area (Å²) < 4.78 is 12.5. The van der Waals surface area contributed by atoms with Crippen molar-refractivity contribution in [3.63, 3.8) is 0 Å². The van der Waals surface area contributed by atoms with Gasteiger partial charge in [0.15, 0.2) is 0 Å². The molecule has 1 spiro atoms. The highest BCUT2D eigenvalue weighted by atomic mass is 16.6. The largest absolute Gasteiger partial charge is 0.462 e. The van der Waals surface area contributed by atoms with Gasteiger partial charge in [-0.3, -0.25) is 9.69 Å². The maximum Gasteiger partial charge on any atom is 0.311 e. The van der Waals surface area contributed by atoms with Crippen LogP contribution in [0.3, 0.4) is 0 Å². The van der Waals surface area contributed by atoms with Crippen LogP contribution in [0.1, 0.15) is 39.5 Å². The Morgan fingerprint density at radius 2 is 1.97 bits per heavy atom. The lowest BCUT2D eigenvalue weighted by Gasteiger charge is -2.49. The minimum absolute atomic E-state index is 0.000581. The number of rotatable bonds is 3. The van der Waals surface area contributed by atoms with Gasteiger partial charge in [0.1, 0.15) is 11.7 Å². The number of esters is 1. The molecule has 0 N–H and O–H groups in total. The molecule has 7 nitrogen and oxygen atoms in total. The number of piperazine rings is 1. The summed E-state index contributed by atoms with van der Waals surface area (Å²) in [7, 11) is 0. The fourth-order valence-corrected chi connectivity index (χ4v) is 7.31. The number of aromatic nitrogens is 2. The van der Waals surface area contributed by atoms with Crippen LogP contribution < -0.4 is 4.90 Å². The van der Waals surface area contributed by atoms with Crippen LogP contribution in [0, 0.1) is 23.2 Å². The Kier molecular flexibility index (Phi) is 4.20. The third-order valence-electron chi connectivity index (χ3n) is 8.86. The second-order valence-electron chi connectivity index (χ2n) is 10.4. The molecule has 2 aliphatic carbocycles. The minimum Gasteiger partial charge on any atom is -0.462 e. The molecule has 0 aromatic carbocycles. The Hall–Kier alpha value is -1.73. The van der Waals surface area contributed by atoms with Gasteiger partial charge in [0.05, 0.1) is 12.0 Å². The third-order valence-corrected chi connectivity index (χ3v) is 8.86. The molecule has 5 fully saturated rings. The molecule has 6 rings (SSSR count). The van der Waals surface area contributed by atoms with Gasteiger partial charge in [-0.25, -0.2) is 9.97 Å². The van der Waals surface area contributed by atoms with E-state index in [4.69, 9.17) is 9.47 Å². The van der Waals surface area contributed by atoms with Crippen LogP contribution in [0.4, 0.5) is 5.95 Å². The summed E-state index contributed by atoms with van der Waals surface area (Å²) >= 11 is 0. The van der Waals surface area contributed by atoms with E-state index in [2.05, 4.69) is 33.6 Å². The monoisotopic (exact) mass is 412 g/mol. The first-order chi connectivity index (χ1) is 14.5. The smallest absolute Gasteiger partial charge is 0.311 e. The summed E-state index contributed by atoms with van der Waals surface area (Å²) in [6.07, 6.45) is 8.49. The third kappa shape index (κ3) is 2.60. The van der Waals surface area contributed by atoms with E-state index >= 15 is 0 Å². The van der Waals surface area contributed by atoms with Crippen molar-refractivity contribution in [2.45, 2.75) is 57.3 Å². The molecule has 2 saturated carbocycles. The molecular weight excluding hydrogens is 380 g/mol. The van der Waals surface area contributed by atoms with Crippen LogP contribution in [0.25, 0.3) is 0 Å². The standard InChI is InChI=1S/C23H32N4O3/c1-15-5-3-6-22(2)13-17-18(19-23(15,22)30-19)16(20(28)29-17)14-26-9-11-27(12-10-26)21-24-7-4-8-25-21/h4,7-8,15-19H,3,5-6,9-14H2,1-2H3/t15-,16+,17+,18+,19-,22+,23-/m0/s1. The number of hydrogen-bond acceptors (Lipinski definition) is 7. The number of hydrogen-bond donors (Lipinski definition) is 0. The number of ether oxygens (including phenoxy) is 2. The summed E-state index contributed by atoms with van der Waals surface area (Å²) in [5, 5.41) is 0. The maximum absolute atomic E-state index is 12.9. The molecule has 0 unspecified atom stereocenters. The molecule has 0 amide bonds. The summed E-state index contributed by atoms with van der Waals surface area (Å²) in [5.41, 5.74) is 0.148. The van der Waals surface area contributed by atoms with Gasteiger partial charge in [0.2, 0.25) is 5.95 Å². The first kappa shape index (κ1) is 19.0. The van der Waals surface area contributed by atoms with Gasteiger partial charge in [-0.2, -0.15) is 0 Å². The summed E-state index contributed by atoms with van der Waals surface area (Å²) in [6.45, 7) is 9.14. The fourth-order valence-electron chi connectivity index (χ4n) is 7.31. The van der Waals surface area contributed by atoms with Gasteiger partial charge in [-0.05, 0) is 31.2 Å². The van der Waals surface area contributed by atoms with Gasteiger partial charge in [0.25, 0.3) is 0 Å². The highest BCUT2D eigenvalue weighted by Crippen LogP contribution is 2.70. The maximum atomic E-state index is 12.9. The number of nitrogens with zero attached hydrogens (tertiary/aromatic N) is 4. The number of fused-ring (bicyclic) bond motifs is 2. The van der Waals surface area contributed by atoms with Gasteiger partial charge >= 0.3 is 5.97 Å². The zero-order valence-electron chi connectivity index (χ0n) is 18.0. The lowest BCUT2D eigenvalue weighted by Crippen LogP contribution is -2.55. The first-order valence-corrected chi connectivity index (χ1v) is 11.6. The SMILES string of the molecule is C[C@H]1CCC[C@]2(C)C[C@H]3OC(=O)[C@H](CN4CCN(c5ncccn5)CC4)[C@H]3[C@@H]3O[C@@]132. The average Bonchev–Trinajstić information content (AvgIpc) is 3.44. The van der Waals surface area contributed by atoms with Gasteiger partial charge < -0.3 is 14.4 Å². The van der Waals surface area contributed by atoms with Gasteiger partial charge in [-0.15, -0.1) is 0 Å². The lowest BCUT2D eigenvalue weighted by atomic mass is 9.53. The van der Waals surface area contributed by atoms with E-state index in [0.29, 0.717) is 5.92 Å². The second-order valence-corrected chi connectivity index (χ2v) is 10.4. The molecular formula is C23H32N4O3. The Balaban J connectivity index is 1.15. The van der Waals surface area contributed by atoms with E-state index in [0.717, 1.165) is 45.1 Å². The van der Waals surface area contributed by atoms with Crippen molar-refractivity contribution in [3.05, 3.63) is 18.5 Å². The molecule has 3 saturated heterocycles. The van der Waals surface area contributed by atoms with Crippen molar-refractivity contribution in [1.29, 1.82) is 0 Å². The summed E-state index contributed by atoms with van der Waals surface area (Å²) in [6, 6.07) is 1.84. The first-order valence-electron chi connectivity index (χ1n) is 11.6. The minimum atomic E-state index is -0.0578. The van der Waals surface area contributed by atoms with Gasteiger partial charge in [0, 0.05) is 56.5 Å². The lowest BCUT2D eigenvalue weighted by molar-refractivity contribution is -0.146. The second kappa shape index (κ2) is 6.63. The Morgan fingerprint density at radius 3 is 2.73 bits per heavy atom. The van der Waals surface area contributed by atoms with Crippen molar-refractivity contribution in [3.8, 4) is 0 Å². The molecule has 3 aliphatic heterocycles. The molecule has 0 bridgehead atoms. The van der Waals surface area contributed by atoms with Crippen LogP contribution >= 0.6 is 0 Å². The quantitative estimate of drug-likeness (QED) is 0.556. The predicted octanol–water partition coefficient (Wildman–Crippen LogP) is 2.12. The molecule has 4 heterocycles. The highest BCUT2D eigenvalue weighted by Gasteiger charge is 2.78. The molecule has 0 radical (unpaired) electrons. The molecule has 162 valence electrons. The zero-order valence-corrected chi connectivity index (χ0v) is 18.0. The van der Waals surface area contributed by atoms with Crippen LogP contribution in [0.15, 0.2) is 18.5 Å². The average molecular weight is 413 g/mol. The molecule has 1 aromatic heterocycles. The topological polar surface area (TPSA) is 71.1 Å². The van der Waals surface area contributed by atoms with Crippen molar-refractivity contribution < 1.29 is 14.3 Å². The van der Waals surface area contributed by atoms with Crippen LogP contribution in [0.2, 0.25) is 0 Å². The Bertz CT molecular complexity index is 829.